The molecular weight excluding hydrogens is 208 g/mol. The molecule has 1 heterocycles. The van der Waals surface area contributed by atoms with Gasteiger partial charge in [0, 0.05) is 17.1 Å². The summed E-state index contributed by atoms with van der Waals surface area (Å²) < 4.78 is 0. The summed E-state index contributed by atoms with van der Waals surface area (Å²) in [5, 5.41) is 7.53. The summed E-state index contributed by atoms with van der Waals surface area (Å²) in [7, 11) is 0. The van der Waals surface area contributed by atoms with E-state index in [1.54, 1.807) is 0 Å². The minimum atomic E-state index is 0.257. The molecule has 1 fully saturated rings. The standard InChI is InChI=1S/C15H32N2/c1-7-12(8-2)11-16-13-9-14(3,4)17-15(5,6)10-13/h12-13,16-17H,7-11H2,1-6H3. The first-order valence-corrected chi connectivity index (χ1v) is 7.30. The van der Waals surface area contributed by atoms with Gasteiger partial charge in [-0.15, -0.1) is 0 Å². The summed E-state index contributed by atoms with van der Waals surface area (Å²) in [6, 6.07) is 0.668. The molecule has 2 nitrogen and oxygen atoms in total. The molecule has 0 amide bonds. The van der Waals surface area contributed by atoms with Crippen molar-refractivity contribution in [1.82, 2.24) is 10.6 Å². The molecule has 102 valence electrons. The molecule has 0 aliphatic carbocycles. The van der Waals surface area contributed by atoms with Gasteiger partial charge in [0.1, 0.15) is 0 Å². The molecule has 2 heteroatoms. The lowest BCUT2D eigenvalue weighted by Crippen LogP contribution is -2.61. The van der Waals surface area contributed by atoms with Gasteiger partial charge in [0.25, 0.3) is 0 Å². The zero-order chi connectivity index (χ0) is 13.1. The van der Waals surface area contributed by atoms with Gasteiger partial charge < -0.3 is 10.6 Å². The molecule has 1 rings (SSSR count). The second-order valence-corrected chi connectivity index (χ2v) is 7.09. The molecule has 0 spiro atoms. The lowest BCUT2D eigenvalue weighted by atomic mass is 9.79. The number of piperidine rings is 1. The summed E-state index contributed by atoms with van der Waals surface area (Å²) in [5.41, 5.74) is 0.515. The SMILES string of the molecule is CCC(CC)CNC1CC(C)(C)NC(C)(C)C1. The third-order valence-electron chi connectivity index (χ3n) is 4.04. The lowest BCUT2D eigenvalue weighted by molar-refractivity contribution is 0.143. The van der Waals surface area contributed by atoms with Crippen molar-refractivity contribution in [1.29, 1.82) is 0 Å². The number of hydrogen-bond acceptors (Lipinski definition) is 2. The molecule has 0 saturated carbocycles. The Balaban J connectivity index is 2.48. The van der Waals surface area contributed by atoms with Gasteiger partial charge in [-0.2, -0.15) is 0 Å². The minimum absolute atomic E-state index is 0.257. The van der Waals surface area contributed by atoms with Crippen LogP contribution in [0.2, 0.25) is 0 Å². The molecule has 0 bridgehead atoms. The average molecular weight is 240 g/mol. The first-order valence-electron chi connectivity index (χ1n) is 7.30. The topological polar surface area (TPSA) is 24.1 Å². The van der Waals surface area contributed by atoms with Crippen molar-refractivity contribution in [3.63, 3.8) is 0 Å². The molecule has 1 aliphatic rings. The smallest absolute Gasteiger partial charge is 0.0144 e. The Morgan fingerprint density at radius 1 is 1.06 bits per heavy atom. The molecule has 1 aliphatic heterocycles. The van der Waals surface area contributed by atoms with E-state index in [1.165, 1.54) is 32.2 Å². The highest BCUT2D eigenvalue weighted by molar-refractivity contribution is 4.99. The Kier molecular flexibility index (Phi) is 5.03. The maximum atomic E-state index is 3.79. The van der Waals surface area contributed by atoms with Gasteiger partial charge in [-0.1, -0.05) is 26.7 Å². The van der Waals surface area contributed by atoms with E-state index in [9.17, 15) is 0 Å². The summed E-state index contributed by atoms with van der Waals surface area (Å²) in [6.45, 7) is 15.1. The monoisotopic (exact) mass is 240 g/mol. The molecule has 1 saturated heterocycles. The molecule has 0 aromatic heterocycles. The van der Waals surface area contributed by atoms with Crippen LogP contribution in [0.25, 0.3) is 0 Å². The Bertz CT molecular complexity index is 213. The molecular formula is C15H32N2. The van der Waals surface area contributed by atoms with Crippen LogP contribution in [0.3, 0.4) is 0 Å². The van der Waals surface area contributed by atoms with Gasteiger partial charge in [0.15, 0.2) is 0 Å². The number of rotatable bonds is 5. The third-order valence-corrected chi connectivity index (χ3v) is 4.04. The predicted molar refractivity (Wildman–Crippen MR) is 76.4 cm³/mol. The minimum Gasteiger partial charge on any atom is -0.314 e. The second kappa shape index (κ2) is 5.71. The highest BCUT2D eigenvalue weighted by Gasteiger charge is 2.37. The molecule has 0 aromatic carbocycles. The molecule has 0 radical (unpaired) electrons. The number of nitrogens with one attached hydrogen (secondary N) is 2. The van der Waals surface area contributed by atoms with E-state index in [2.05, 4.69) is 52.2 Å². The van der Waals surface area contributed by atoms with Crippen molar-refractivity contribution >= 4 is 0 Å². The molecule has 17 heavy (non-hydrogen) atoms. The van der Waals surface area contributed by atoms with E-state index < -0.39 is 0 Å². The summed E-state index contributed by atoms with van der Waals surface area (Å²) in [4.78, 5) is 0. The predicted octanol–water partition coefficient (Wildman–Crippen LogP) is 3.32. The van der Waals surface area contributed by atoms with E-state index in [1.807, 2.05) is 0 Å². The Morgan fingerprint density at radius 2 is 1.53 bits per heavy atom. The van der Waals surface area contributed by atoms with Crippen molar-refractivity contribution in [2.24, 2.45) is 5.92 Å². The van der Waals surface area contributed by atoms with Crippen molar-refractivity contribution in [2.75, 3.05) is 6.54 Å². The van der Waals surface area contributed by atoms with Gasteiger partial charge in [-0.3, -0.25) is 0 Å². The van der Waals surface area contributed by atoms with Crippen LogP contribution in [-0.4, -0.2) is 23.7 Å². The Hall–Kier alpha value is -0.0800. The van der Waals surface area contributed by atoms with Crippen LogP contribution in [0.5, 0.6) is 0 Å². The van der Waals surface area contributed by atoms with Gasteiger partial charge in [0.2, 0.25) is 0 Å². The van der Waals surface area contributed by atoms with Crippen LogP contribution in [0.15, 0.2) is 0 Å². The van der Waals surface area contributed by atoms with Crippen LogP contribution in [0, 0.1) is 5.92 Å². The first kappa shape index (κ1) is 15.0. The van der Waals surface area contributed by atoms with Crippen LogP contribution in [-0.2, 0) is 0 Å². The van der Waals surface area contributed by atoms with E-state index >= 15 is 0 Å². The number of hydrogen-bond donors (Lipinski definition) is 2. The van der Waals surface area contributed by atoms with Crippen molar-refractivity contribution in [3.8, 4) is 0 Å². The largest absolute Gasteiger partial charge is 0.314 e. The fraction of sp³-hybridized carbons (Fsp3) is 1.00. The second-order valence-electron chi connectivity index (χ2n) is 7.09. The first-order chi connectivity index (χ1) is 7.78. The van der Waals surface area contributed by atoms with Gasteiger partial charge >= 0.3 is 0 Å². The fourth-order valence-electron chi connectivity index (χ4n) is 3.38. The van der Waals surface area contributed by atoms with E-state index in [-0.39, 0.29) is 11.1 Å². The maximum Gasteiger partial charge on any atom is 0.0144 e. The van der Waals surface area contributed by atoms with E-state index in [0.29, 0.717) is 6.04 Å². The third kappa shape index (κ3) is 4.97. The lowest BCUT2D eigenvalue weighted by Gasteiger charge is -2.47. The average Bonchev–Trinajstić information content (AvgIpc) is 2.14. The molecule has 2 N–H and O–H groups in total. The van der Waals surface area contributed by atoms with Crippen LogP contribution < -0.4 is 10.6 Å². The summed E-state index contributed by atoms with van der Waals surface area (Å²) in [6.07, 6.45) is 5.05. The highest BCUT2D eigenvalue weighted by atomic mass is 15.1. The quantitative estimate of drug-likeness (QED) is 0.770. The normalized spacial score (nSPS) is 24.2. The Morgan fingerprint density at radius 3 is 1.94 bits per heavy atom. The van der Waals surface area contributed by atoms with Gasteiger partial charge in [0.05, 0.1) is 0 Å². The van der Waals surface area contributed by atoms with Gasteiger partial charge in [-0.05, 0) is 53.0 Å². The van der Waals surface area contributed by atoms with E-state index in [0.717, 1.165) is 5.92 Å². The maximum absolute atomic E-state index is 3.79. The summed E-state index contributed by atoms with van der Waals surface area (Å²) >= 11 is 0. The van der Waals surface area contributed by atoms with Crippen molar-refractivity contribution < 1.29 is 0 Å². The molecule has 0 atom stereocenters. The molecule has 0 unspecified atom stereocenters. The van der Waals surface area contributed by atoms with Crippen molar-refractivity contribution in [3.05, 3.63) is 0 Å². The van der Waals surface area contributed by atoms with Gasteiger partial charge in [-0.25, -0.2) is 0 Å². The van der Waals surface area contributed by atoms with E-state index in [4.69, 9.17) is 0 Å². The fourth-order valence-corrected chi connectivity index (χ4v) is 3.38. The van der Waals surface area contributed by atoms with Crippen molar-refractivity contribution in [2.45, 2.75) is 84.3 Å². The van der Waals surface area contributed by atoms with Crippen LogP contribution >= 0.6 is 0 Å². The zero-order valence-electron chi connectivity index (χ0n) is 12.7. The Labute approximate surface area is 108 Å². The highest BCUT2D eigenvalue weighted by Crippen LogP contribution is 2.28. The van der Waals surface area contributed by atoms with Crippen LogP contribution in [0.1, 0.15) is 67.2 Å². The van der Waals surface area contributed by atoms with Crippen LogP contribution in [0.4, 0.5) is 0 Å². The molecule has 0 aromatic rings. The summed E-state index contributed by atoms with van der Waals surface area (Å²) in [5.74, 6) is 0.844. The zero-order valence-corrected chi connectivity index (χ0v) is 12.7.